The SMILES string of the molecule is CC[C@H](C)[C@H](NC(=O)C[C@H](O)[C@H](CC(C)C)NC(=O)C(Cc1cscn1)NC(=O)[C@@H](CC(=O)N1CCOCC1)Cc1ccccc1)C(=O)N[C@@H](CCCCN)C(N)=O. The van der Waals surface area contributed by atoms with Gasteiger partial charge in [0, 0.05) is 31.3 Å². The average molecular weight is 829 g/mol. The fraction of sp³-hybridized carbons (Fsp3) is 0.634. The zero-order valence-electron chi connectivity index (χ0n) is 34.3. The van der Waals surface area contributed by atoms with Crippen LogP contribution in [0.5, 0.6) is 0 Å². The summed E-state index contributed by atoms with van der Waals surface area (Å²) in [6.07, 6.45) is 0.797. The van der Waals surface area contributed by atoms with Crippen LogP contribution in [0.2, 0.25) is 0 Å². The molecule has 1 aromatic carbocycles. The Bertz CT molecular complexity index is 1590. The lowest BCUT2D eigenvalue weighted by Crippen LogP contribution is -2.57. The molecule has 0 bridgehead atoms. The second-order valence-electron chi connectivity index (χ2n) is 15.5. The van der Waals surface area contributed by atoms with Crippen LogP contribution >= 0.6 is 11.3 Å². The molecule has 0 radical (unpaired) electrons. The molecule has 1 aromatic heterocycles. The molecule has 1 saturated heterocycles. The summed E-state index contributed by atoms with van der Waals surface area (Å²) in [4.78, 5) is 86.5. The van der Waals surface area contributed by atoms with Crippen molar-refractivity contribution in [2.75, 3.05) is 32.8 Å². The summed E-state index contributed by atoms with van der Waals surface area (Å²) in [7, 11) is 0. The topological polar surface area (TPSA) is 248 Å². The van der Waals surface area contributed by atoms with E-state index in [2.05, 4.69) is 26.3 Å². The van der Waals surface area contributed by atoms with E-state index in [0.717, 1.165) is 5.56 Å². The zero-order chi connectivity index (χ0) is 42.6. The van der Waals surface area contributed by atoms with E-state index < -0.39 is 72.1 Å². The van der Waals surface area contributed by atoms with Gasteiger partial charge in [0.2, 0.25) is 35.4 Å². The fourth-order valence-corrected chi connectivity index (χ4v) is 7.34. The van der Waals surface area contributed by atoms with Gasteiger partial charge in [-0.25, -0.2) is 4.98 Å². The number of nitrogens with zero attached hydrogens (tertiary/aromatic N) is 2. The highest BCUT2D eigenvalue weighted by Gasteiger charge is 2.34. The number of rotatable bonds is 25. The molecule has 1 aliphatic heterocycles. The Morgan fingerprint density at radius 3 is 2.19 bits per heavy atom. The van der Waals surface area contributed by atoms with E-state index in [9.17, 15) is 33.9 Å². The Hall–Kier alpha value is -4.45. The van der Waals surface area contributed by atoms with Gasteiger partial charge < -0.3 is 47.5 Å². The maximum absolute atomic E-state index is 14.1. The lowest BCUT2D eigenvalue weighted by atomic mass is 9.93. The third-order valence-corrected chi connectivity index (χ3v) is 11.0. The number of primary amides is 1. The molecule has 322 valence electrons. The lowest BCUT2D eigenvalue weighted by Gasteiger charge is -2.30. The van der Waals surface area contributed by atoms with Gasteiger partial charge in [-0.3, -0.25) is 28.8 Å². The number of amides is 6. The van der Waals surface area contributed by atoms with Crippen LogP contribution in [0.15, 0.2) is 41.2 Å². The van der Waals surface area contributed by atoms with Gasteiger partial charge in [0.05, 0.1) is 48.9 Å². The van der Waals surface area contributed by atoms with E-state index in [-0.39, 0.29) is 37.0 Å². The Labute approximate surface area is 346 Å². The minimum Gasteiger partial charge on any atom is -0.390 e. The van der Waals surface area contributed by atoms with Gasteiger partial charge in [0.15, 0.2) is 0 Å². The number of aliphatic hydroxyl groups excluding tert-OH is 1. The molecular formula is C41H64N8O8S. The van der Waals surface area contributed by atoms with E-state index in [1.807, 2.05) is 51.1 Å². The van der Waals surface area contributed by atoms with Gasteiger partial charge in [-0.15, -0.1) is 11.3 Å². The fourth-order valence-electron chi connectivity index (χ4n) is 6.76. The number of nitrogens with one attached hydrogen (secondary N) is 4. The monoisotopic (exact) mass is 828 g/mol. The quantitative estimate of drug-likeness (QED) is 0.0705. The molecule has 0 spiro atoms. The summed E-state index contributed by atoms with van der Waals surface area (Å²) < 4.78 is 5.40. The first-order valence-electron chi connectivity index (χ1n) is 20.4. The number of carbonyl (C=O) groups is 6. The Morgan fingerprint density at radius 1 is 0.897 bits per heavy atom. The molecule has 58 heavy (non-hydrogen) atoms. The van der Waals surface area contributed by atoms with Gasteiger partial charge in [0.25, 0.3) is 0 Å². The van der Waals surface area contributed by atoms with Crippen molar-refractivity contribution in [1.29, 1.82) is 0 Å². The van der Waals surface area contributed by atoms with E-state index in [0.29, 0.717) is 70.6 Å². The highest BCUT2D eigenvalue weighted by molar-refractivity contribution is 7.07. The first-order chi connectivity index (χ1) is 27.7. The molecule has 0 aliphatic carbocycles. The van der Waals surface area contributed by atoms with Crippen molar-refractivity contribution < 1.29 is 38.6 Å². The summed E-state index contributed by atoms with van der Waals surface area (Å²) in [6, 6.07) is 5.37. The first-order valence-corrected chi connectivity index (χ1v) is 21.3. The highest BCUT2D eigenvalue weighted by Crippen LogP contribution is 2.18. The van der Waals surface area contributed by atoms with Gasteiger partial charge in [-0.05, 0) is 56.0 Å². The molecule has 2 heterocycles. The third kappa shape index (κ3) is 16.4. The predicted molar refractivity (Wildman–Crippen MR) is 221 cm³/mol. The van der Waals surface area contributed by atoms with Gasteiger partial charge in [-0.2, -0.15) is 0 Å². The number of ether oxygens (including phenoxy) is 1. The van der Waals surface area contributed by atoms with Crippen LogP contribution in [0.25, 0.3) is 0 Å². The number of morpholine rings is 1. The molecule has 3 rings (SSSR count). The Morgan fingerprint density at radius 2 is 1.59 bits per heavy atom. The van der Waals surface area contributed by atoms with Crippen molar-refractivity contribution in [2.45, 2.75) is 116 Å². The molecule has 9 N–H and O–H groups in total. The molecule has 1 fully saturated rings. The van der Waals surface area contributed by atoms with Crippen LogP contribution in [-0.2, 0) is 46.3 Å². The molecule has 7 atom stereocenters. The van der Waals surface area contributed by atoms with Crippen LogP contribution in [0, 0.1) is 17.8 Å². The normalized spacial score (nSPS) is 16.6. The number of benzene rings is 1. The summed E-state index contributed by atoms with van der Waals surface area (Å²) >= 11 is 1.34. The number of nitrogens with two attached hydrogens (primary N) is 2. The standard InChI is InChI=1S/C41H64N8O8S/c1-5-27(4)37(41(56)45-31(38(43)53)13-9-10-14-42)48-35(51)23-34(50)32(19-26(2)3)46-40(55)33(22-30-24-58-25-44-30)47-39(54)29(20-28-11-7-6-8-12-28)21-36(52)49-15-17-57-18-16-49/h6-8,11-12,24-27,29,31-34,37,50H,5,9-10,13-23,42H2,1-4H3,(H2,43,53)(H,45,56)(H,46,55)(H,47,54)(H,48,51)/t27-,29+,31-,32-,33?,34-,37-/m0/s1. The summed E-state index contributed by atoms with van der Waals surface area (Å²) in [5, 5.41) is 24.4. The first kappa shape index (κ1) is 47.9. The van der Waals surface area contributed by atoms with Crippen molar-refractivity contribution >= 4 is 46.8 Å². The number of hydrogen-bond acceptors (Lipinski definition) is 11. The highest BCUT2D eigenvalue weighted by atomic mass is 32.1. The number of aromatic nitrogens is 1. The summed E-state index contributed by atoms with van der Waals surface area (Å²) in [5.41, 5.74) is 14.2. The number of carbonyl (C=O) groups excluding carboxylic acids is 6. The lowest BCUT2D eigenvalue weighted by molar-refractivity contribution is -0.140. The van der Waals surface area contributed by atoms with E-state index in [1.165, 1.54) is 11.3 Å². The van der Waals surface area contributed by atoms with Crippen molar-refractivity contribution in [1.82, 2.24) is 31.2 Å². The molecular weight excluding hydrogens is 765 g/mol. The van der Waals surface area contributed by atoms with Crippen molar-refractivity contribution in [3.63, 3.8) is 0 Å². The number of aliphatic hydroxyl groups is 1. The summed E-state index contributed by atoms with van der Waals surface area (Å²) in [5.74, 6) is -4.27. The van der Waals surface area contributed by atoms with Crippen molar-refractivity contribution in [2.24, 2.45) is 29.2 Å². The van der Waals surface area contributed by atoms with E-state index in [4.69, 9.17) is 16.2 Å². The van der Waals surface area contributed by atoms with Gasteiger partial charge in [0.1, 0.15) is 18.1 Å². The molecule has 17 heteroatoms. The van der Waals surface area contributed by atoms with Crippen LogP contribution in [-0.4, -0.2) is 114 Å². The molecule has 6 amide bonds. The van der Waals surface area contributed by atoms with Crippen LogP contribution in [0.3, 0.4) is 0 Å². The average Bonchev–Trinajstić information content (AvgIpc) is 3.72. The zero-order valence-corrected chi connectivity index (χ0v) is 35.1. The number of thiazole rings is 1. The molecule has 1 unspecified atom stereocenters. The van der Waals surface area contributed by atoms with E-state index in [1.54, 1.807) is 22.7 Å². The predicted octanol–water partition coefficient (Wildman–Crippen LogP) is 1.19. The second-order valence-corrected chi connectivity index (χ2v) is 16.2. The van der Waals surface area contributed by atoms with Gasteiger partial charge >= 0.3 is 0 Å². The van der Waals surface area contributed by atoms with Crippen molar-refractivity contribution in [3.8, 4) is 0 Å². The minimum atomic E-state index is -1.37. The van der Waals surface area contributed by atoms with Crippen LogP contribution in [0.4, 0.5) is 0 Å². The maximum Gasteiger partial charge on any atom is 0.243 e. The third-order valence-electron chi connectivity index (χ3n) is 10.3. The molecule has 1 aliphatic rings. The molecule has 2 aromatic rings. The molecule has 0 saturated carbocycles. The van der Waals surface area contributed by atoms with Crippen LogP contribution < -0.4 is 32.7 Å². The van der Waals surface area contributed by atoms with Gasteiger partial charge in [-0.1, -0.05) is 64.4 Å². The van der Waals surface area contributed by atoms with Crippen LogP contribution in [0.1, 0.15) is 83.9 Å². The van der Waals surface area contributed by atoms with E-state index >= 15 is 0 Å². The number of unbranched alkanes of at least 4 members (excludes halogenated alkanes) is 1. The second kappa shape index (κ2) is 25.1. The Kier molecular flexibility index (Phi) is 20.8. The molecule has 16 nitrogen and oxygen atoms in total. The Balaban J connectivity index is 1.78. The smallest absolute Gasteiger partial charge is 0.243 e. The van der Waals surface area contributed by atoms with Crippen molar-refractivity contribution in [3.05, 3.63) is 52.5 Å². The minimum absolute atomic E-state index is 0.0142. The summed E-state index contributed by atoms with van der Waals surface area (Å²) in [6.45, 7) is 9.60. The largest absolute Gasteiger partial charge is 0.390 e. The number of hydrogen-bond donors (Lipinski definition) is 7. The maximum atomic E-state index is 14.1.